The zero-order valence-electron chi connectivity index (χ0n) is 10.7. The summed E-state index contributed by atoms with van der Waals surface area (Å²) in [6.07, 6.45) is 0.558. The highest BCUT2D eigenvalue weighted by Gasteiger charge is 2.18. The first-order valence-corrected chi connectivity index (χ1v) is 5.83. The van der Waals surface area contributed by atoms with Gasteiger partial charge in [-0.1, -0.05) is 6.07 Å². The van der Waals surface area contributed by atoms with Crippen LogP contribution < -0.4 is 5.11 Å². The van der Waals surface area contributed by atoms with Crippen LogP contribution in [0, 0.1) is 0 Å². The number of rotatable bonds is 6. The summed E-state index contributed by atoms with van der Waals surface area (Å²) in [5, 5.41) is 29.5. The highest BCUT2D eigenvalue weighted by Crippen LogP contribution is 2.29. The second-order valence-electron chi connectivity index (χ2n) is 5.08. The molecule has 0 fully saturated rings. The first-order chi connectivity index (χ1) is 8.32. The average Bonchev–Trinajstić information content (AvgIpc) is 2.23. The number of aliphatic carboxylic acids is 1. The number of hydrogen-bond donors (Lipinski definition) is 2. The van der Waals surface area contributed by atoms with Crippen LogP contribution in [-0.2, 0) is 11.3 Å². The van der Waals surface area contributed by atoms with Crippen molar-refractivity contribution in [3.05, 3.63) is 23.8 Å². The number of hydrogen-bond acceptors (Lipinski definition) is 4. The molecular weight excluding hydrogens is 234 g/mol. The number of phenols is 2. The van der Waals surface area contributed by atoms with Crippen molar-refractivity contribution in [2.75, 3.05) is 20.6 Å². The predicted octanol–water partition coefficient (Wildman–Crippen LogP) is 0.204. The van der Waals surface area contributed by atoms with Gasteiger partial charge in [-0.15, -0.1) is 0 Å². The maximum absolute atomic E-state index is 10.4. The Kier molecular flexibility index (Phi) is 4.55. The molecule has 0 saturated carbocycles. The molecule has 0 bridgehead atoms. The Balaban J connectivity index is 2.64. The Hall–Kier alpha value is -1.75. The van der Waals surface area contributed by atoms with Gasteiger partial charge in [0.05, 0.1) is 26.2 Å². The van der Waals surface area contributed by atoms with E-state index in [1.807, 2.05) is 14.1 Å². The van der Waals surface area contributed by atoms with Crippen LogP contribution >= 0.6 is 0 Å². The van der Waals surface area contributed by atoms with Crippen molar-refractivity contribution in [1.82, 2.24) is 0 Å². The van der Waals surface area contributed by atoms with Crippen molar-refractivity contribution in [2.24, 2.45) is 0 Å². The molecule has 100 valence electrons. The number of benzene rings is 1. The summed E-state index contributed by atoms with van der Waals surface area (Å²) in [6.45, 7) is 1.18. The maximum atomic E-state index is 10.4. The van der Waals surface area contributed by atoms with Crippen molar-refractivity contribution in [3.63, 3.8) is 0 Å². The highest BCUT2D eigenvalue weighted by atomic mass is 16.4. The van der Waals surface area contributed by atoms with E-state index in [1.165, 1.54) is 6.07 Å². The zero-order valence-corrected chi connectivity index (χ0v) is 10.7. The van der Waals surface area contributed by atoms with Gasteiger partial charge in [-0.2, -0.15) is 0 Å². The average molecular weight is 253 g/mol. The van der Waals surface area contributed by atoms with E-state index in [-0.39, 0.29) is 17.9 Å². The maximum Gasteiger partial charge on any atom is 0.166 e. The molecule has 0 spiro atoms. The Bertz CT molecular complexity index is 429. The molecule has 0 aliphatic rings. The predicted molar refractivity (Wildman–Crippen MR) is 64.7 cm³/mol. The third-order valence-electron chi connectivity index (χ3n) is 2.84. The molecule has 0 aliphatic heterocycles. The first-order valence-electron chi connectivity index (χ1n) is 5.83. The summed E-state index contributed by atoms with van der Waals surface area (Å²) in [6, 6.07) is 4.84. The summed E-state index contributed by atoms with van der Waals surface area (Å²) < 4.78 is 0.532. The van der Waals surface area contributed by atoms with Gasteiger partial charge in [0.1, 0.15) is 6.54 Å². The molecule has 5 heteroatoms. The number of carboxylic acid groups (broad SMARTS) is 1. The second-order valence-corrected chi connectivity index (χ2v) is 5.08. The van der Waals surface area contributed by atoms with Gasteiger partial charge in [-0.3, -0.25) is 0 Å². The summed E-state index contributed by atoms with van der Waals surface area (Å²) in [5.41, 5.74) is 0.647. The van der Waals surface area contributed by atoms with Gasteiger partial charge in [0.15, 0.2) is 11.5 Å². The van der Waals surface area contributed by atoms with E-state index in [4.69, 9.17) is 0 Å². The van der Waals surface area contributed by atoms with E-state index in [0.29, 0.717) is 29.6 Å². The van der Waals surface area contributed by atoms with Crippen LogP contribution in [0.1, 0.15) is 18.4 Å². The van der Waals surface area contributed by atoms with E-state index >= 15 is 0 Å². The molecule has 0 radical (unpaired) electrons. The number of carbonyl (C=O) groups excluding carboxylic acids is 1. The SMILES string of the molecule is C[N+](C)(CCCC(=O)[O-])Cc1cccc(O)c1O. The van der Waals surface area contributed by atoms with E-state index in [1.54, 1.807) is 12.1 Å². The van der Waals surface area contributed by atoms with Crippen molar-refractivity contribution in [3.8, 4) is 11.5 Å². The molecule has 1 rings (SSSR count). The standard InChI is InChI=1S/C13H19NO4/c1-14(2,8-4-7-12(16)17)9-10-5-3-6-11(15)13(10)18/h3,5-6H,4,7-9H2,1-2H3,(H2-,15,16,17,18). The van der Waals surface area contributed by atoms with Crippen LogP contribution in [0.15, 0.2) is 18.2 Å². The van der Waals surface area contributed by atoms with Crippen molar-refractivity contribution < 1.29 is 24.6 Å². The minimum atomic E-state index is -1.05. The lowest BCUT2D eigenvalue weighted by atomic mass is 10.1. The molecule has 18 heavy (non-hydrogen) atoms. The Morgan fingerprint density at radius 3 is 2.61 bits per heavy atom. The van der Waals surface area contributed by atoms with E-state index in [9.17, 15) is 20.1 Å². The third-order valence-corrected chi connectivity index (χ3v) is 2.84. The number of carboxylic acids is 1. The molecule has 0 aliphatic carbocycles. The first kappa shape index (κ1) is 14.3. The lowest BCUT2D eigenvalue weighted by Gasteiger charge is -2.30. The molecule has 0 heterocycles. The third kappa shape index (κ3) is 4.25. The number of carbonyl (C=O) groups is 1. The van der Waals surface area contributed by atoms with Gasteiger partial charge < -0.3 is 24.6 Å². The lowest BCUT2D eigenvalue weighted by molar-refractivity contribution is -0.903. The minimum Gasteiger partial charge on any atom is -0.550 e. The minimum absolute atomic E-state index is 0.0354. The fourth-order valence-corrected chi connectivity index (χ4v) is 1.90. The topological polar surface area (TPSA) is 80.6 Å². The van der Waals surface area contributed by atoms with Crippen LogP contribution in [-0.4, -0.2) is 41.3 Å². The fraction of sp³-hybridized carbons (Fsp3) is 0.462. The van der Waals surface area contributed by atoms with Crippen LogP contribution in [0.2, 0.25) is 0 Å². The number of nitrogens with zero attached hydrogens (tertiary/aromatic N) is 1. The molecule has 0 unspecified atom stereocenters. The van der Waals surface area contributed by atoms with Crippen LogP contribution in [0.3, 0.4) is 0 Å². The zero-order chi connectivity index (χ0) is 13.8. The molecule has 0 saturated heterocycles. The molecular formula is C13H19NO4. The Morgan fingerprint density at radius 1 is 1.33 bits per heavy atom. The van der Waals surface area contributed by atoms with Gasteiger partial charge >= 0.3 is 0 Å². The Labute approximate surface area is 107 Å². The van der Waals surface area contributed by atoms with Gasteiger partial charge in [0, 0.05) is 12.4 Å². The van der Waals surface area contributed by atoms with Crippen LogP contribution in [0.5, 0.6) is 11.5 Å². The quantitative estimate of drug-likeness (QED) is 0.561. The lowest BCUT2D eigenvalue weighted by Crippen LogP contribution is -2.40. The second kappa shape index (κ2) is 5.73. The van der Waals surface area contributed by atoms with Crippen molar-refractivity contribution >= 4 is 5.97 Å². The molecule has 1 aromatic carbocycles. The molecule has 0 atom stereocenters. The summed E-state index contributed by atoms with van der Waals surface area (Å²) in [4.78, 5) is 10.4. The Morgan fingerprint density at radius 2 is 2.00 bits per heavy atom. The normalized spacial score (nSPS) is 11.4. The highest BCUT2D eigenvalue weighted by molar-refractivity contribution is 5.64. The van der Waals surface area contributed by atoms with Crippen molar-refractivity contribution in [2.45, 2.75) is 19.4 Å². The smallest absolute Gasteiger partial charge is 0.166 e. The van der Waals surface area contributed by atoms with Crippen LogP contribution in [0.25, 0.3) is 0 Å². The molecule has 0 aromatic heterocycles. The molecule has 2 N–H and O–H groups in total. The fourth-order valence-electron chi connectivity index (χ4n) is 1.90. The van der Waals surface area contributed by atoms with Crippen LogP contribution in [0.4, 0.5) is 0 Å². The molecule has 0 amide bonds. The summed E-state index contributed by atoms with van der Waals surface area (Å²) in [5.74, 6) is -1.29. The summed E-state index contributed by atoms with van der Waals surface area (Å²) >= 11 is 0. The van der Waals surface area contributed by atoms with Gasteiger partial charge in [0.25, 0.3) is 0 Å². The number of quaternary nitrogens is 1. The summed E-state index contributed by atoms with van der Waals surface area (Å²) in [7, 11) is 3.89. The number of phenolic OH excluding ortho intramolecular Hbond substituents is 2. The number of para-hydroxylation sites is 1. The van der Waals surface area contributed by atoms with E-state index < -0.39 is 5.97 Å². The van der Waals surface area contributed by atoms with Crippen molar-refractivity contribution in [1.29, 1.82) is 0 Å². The van der Waals surface area contributed by atoms with Gasteiger partial charge in [-0.25, -0.2) is 0 Å². The van der Waals surface area contributed by atoms with E-state index in [2.05, 4.69) is 0 Å². The van der Waals surface area contributed by atoms with Gasteiger partial charge in [0.2, 0.25) is 0 Å². The monoisotopic (exact) mass is 253 g/mol. The van der Waals surface area contributed by atoms with E-state index in [0.717, 1.165) is 0 Å². The largest absolute Gasteiger partial charge is 0.550 e. The number of aromatic hydroxyl groups is 2. The molecule has 1 aromatic rings. The molecule has 5 nitrogen and oxygen atoms in total. The van der Waals surface area contributed by atoms with Gasteiger partial charge in [-0.05, 0) is 18.6 Å².